The van der Waals surface area contributed by atoms with Crippen LogP contribution in [0.2, 0.25) is 5.15 Å². The second-order valence-electron chi connectivity index (χ2n) is 6.49. The van der Waals surface area contributed by atoms with Crippen molar-refractivity contribution < 1.29 is 4.79 Å². The van der Waals surface area contributed by atoms with E-state index in [1.165, 1.54) is 0 Å². The molecule has 3 rings (SSSR count). The van der Waals surface area contributed by atoms with Crippen LogP contribution in [0.25, 0.3) is 0 Å². The molecular weight excluding hydrogens is 364 g/mol. The van der Waals surface area contributed by atoms with Crippen LogP contribution in [-0.4, -0.2) is 58.5 Å². The Balaban J connectivity index is 1.47. The number of hydrogen-bond acceptors (Lipinski definition) is 6. The van der Waals surface area contributed by atoms with Crippen molar-refractivity contribution in [3.8, 4) is 0 Å². The van der Waals surface area contributed by atoms with Gasteiger partial charge in [-0.05, 0) is 19.1 Å². The lowest BCUT2D eigenvalue weighted by molar-refractivity contribution is -0.131. The minimum Gasteiger partial charge on any atom is -0.369 e. The number of amides is 1. The Morgan fingerprint density at radius 3 is 2.67 bits per heavy atom. The molecule has 2 aromatic heterocycles. The largest absolute Gasteiger partial charge is 0.369 e. The molecule has 1 amide bonds. The molecule has 3 heterocycles. The molecule has 0 bridgehead atoms. The van der Waals surface area contributed by atoms with Gasteiger partial charge in [0, 0.05) is 57.3 Å². The topological polar surface area (TPSA) is 74.2 Å². The van der Waals surface area contributed by atoms with E-state index >= 15 is 0 Å². The highest BCUT2D eigenvalue weighted by molar-refractivity contribution is 6.30. The van der Waals surface area contributed by atoms with Gasteiger partial charge >= 0.3 is 0 Å². The zero-order valence-corrected chi connectivity index (χ0v) is 16.5. The lowest BCUT2D eigenvalue weighted by Crippen LogP contribution is -2.49. The van der Waals surface area contributed by atoms with Gasteiger partial charge in [0.1, 0.15) is 22.6 Å². The zero-order valence-electron chi connectivity index (χ0n) is 15.8. The van der Waals surface area contributed by atoms with E-state index in [2.05, 4.69) is 25.2 Å². The van der Waals surface area contributed by atoms with Crippen LogP contribution in [0.3, 0.4) is 0 Å². The molecule has 27 heavy (non-hydrogen) atoms. The molecule has 1 aliphatic heterocycles. The molecule has 0 unspecified atom stereocenters. The predicted octanol–water partition coefficient (Wildman–Crippen LogP) is 2.55. The summed E-state index contributed by atoms with van der Waals surface area (Å²) in [6.07, 6.45) is 2.93. The molecule has 0 aliphatic carbocycles. The van der Waals surface area contributed by atoms with E-state index in [1.807, 2.05) is 36.9 Å². The molecule has 144 valence electrons. The van der Waals surface area contributed by atoms with Crippen molar-refractivity contribution in [2.24, 2.45) is 0 Å². The number of nitrogens with one attached hydrogen (secondary N) is 1. The summed E-state index contributed by atoms with van der Waals surface area (Å²) < 4.78 is 0. The summed E-state index contributed by atoms with van der Waals surface area (Å²) in [5, 5.41) is 3.69. The van der Waals surface area contributed by atoms with Gasteiger partial charge in [-0.1, -0.05) is 24.6 Å². The van der Waals surface area contributed by atoms with Crippen molar-refractivity contribution in [2.45, 2.75) is 26.7 Å². The van der Waals surface area contributed by atoms with Crippen LogP contribution in [0.15, 0.2) is 24.4 Å². The maximum atomic E-state index is 12.5. The van der Waals surface area contributed by atoms with Gasteiger partial charge in [0.25, 0.3) is 0 Å². The molecule has 1 N–H and O–H groups in total. The number of piperazine rings is 1. The van der Waals surface area contributed by atoms with Crippen molar-refractivity contribution in [3.05, 3.63) is 40.9 Å². The van der Waals surface area contributed by atoms with E-state index in [9.17, 15) is 4.79 Å². The highest BCUT2D eigenvalue weighted by Crippen LogP contribution is 2.20. The molecule has 1 aliphatic rings. The highest BCUT2D eigenvalue weighted by Gasteiger charge is 2.21. The lowest BCUT2D eigenvalue weighted by atomic mass is 10.2. The number of carbonyl (C=O) groups is 1. The normalized spacial score (nSPS) is 14.3. The van der Waals surface area contributed by atoms with Gasteiger partial charge in [-0.2, -0.15) is 0 Å². The number of aromatic nitrogens is 3. The number of pyridine rings is 1. The molecule has 8 heteroatoms. The third kappa shape index (κ3) is 4.86. The number of hydrogen-bond donors (Lipinski definition) is 1. The second-order valence-corrected chi connectivity index (χ2v) is 6.85. The van der Waals surface area contributed by atoms with Crippen LogP contribution < -0.4 is 10.2 Å². The maximum absolute atomic E-state index is 12.5. The molecule has 0 aromatic carbocycles. The van der Waals surface area contributed by atoms with Gasteiger partial charge in [0.05, 0.1) is 0 Å². The number of anilines is 2. The van der Waals surface area contributed by atoms with E-state index in [0.29, 0.717) is 49.3 Å². The van der Waals surface area contributed by atoms with Crippen molar-refractivity contribution in [1.82, 2.24) is 19.9 Å². The van der Waals surface area contributed by atoms with Crippen LogP contribution >= 0.6 is 11.6 Å². The first-order valence-electron chi connectivity index (χ1n) is 9.29. The Kier molecular flexibility index (Phi) is 6.45. The number of nitrogens with zero attached hydrogens (tertiary/aromatic N) is 5. The Bertz CT molecular complexity index is 777. The third-order valence-electron chi connectivity index (χ3n) is 4.69. The number of aryl methyl sites for hydroxylation is 1. The molecule has 7 nitrogen and oxygen atoms in total. The molecule has 0 atom stereocenters. The van der Waals surface area contributed by atoms with Crippen LogP contribution in [0.4, 0.5) is 11.6 Å². The van der Waals surface area contributed by atoms with Crippen LogP contribution in [0.5, 0.6) is 0 Å². The Morgan fingerprint density at radius 1 is 1.22 bits per heavy atom. The van der Waals surface area contributed by atoms with Crippen LogP contribution in [0, 0.1) is 6.92 Å². The first-order valence-corrected chi connectivity index (χ1v) is 9.67. The van der Waals surface area contributed by atoms with Gasteiger partial charge in [0.2, 0.25) is 5.91 Å². The minimum atomic E-state index is 0.150. The Morgan fingerprint density at radius 2 is 2.00 bits per heavy atom. The average Bonchev–Trinajstić information content (AvgIpc) is 2.71. The Labute approximate surface area is 164 Å². The van der Waals surface area contributed by atoms with Crippen molar-refractivity contribution in [1.29, 1.82) is 0 Å². The summed E-state index contributed by atoms with van der Waals surface area (Å²) in [6, 6.07) is 5.89. The standard InChI is InChI=1S/C19H25ClN6O/c1-3-15-23-18(20)14(2)19(24-15)22-9-7-17(27)26-12-10-25(11-13-26)16-6-4-5-8-21-16/h4-6,8H,3,7,9-13H2,1-2H3,(H,22,23,24). The van der Waals surface area contributed by atoms with Gasteiger partial charge in [-0.3, -0.25) is 4.79 Å². The van der Waals surface area contributed by atoms with Crippen molar-refractivity contribution >= 4 is 29.1 Å². The molecule has 1 fully saturated rings. The zero-order chi connectivity index (χ0) is 19.2. The minimum absolute atomic E-state index is 0.150. The summed E-state index contributed by atoms with van der Waals surface area (Å²) >= 11 is 6.15. The fourth-order valence-corrected chi connectivity index (χ4v) is 3.22. The lowest BCUT2D eigenvalue weighted by Gasteiger charge is -2.35. The molecular formula is C19H25ClN6O. The first kappa shape index (κ1) is 19.4. The summed E-state index contributed by atoms with van der Waals surface area (Å²) in [6.45, 7) is 7.42. The SMILES string of the molecule is CCc1nc(Cl)c(C)c(NCCC(=O)N2CCN(c3ccccn3)CC2)n1. The fraction of sp³-hybridized carbons (Fsp3) is 0.474. The third-order valence-corrected chi connectivity index (χ3v) is 5.05. The van der Waals surface area contributed by atoms with Gasteiger partial charge in [0.15, 0.2) is 0 Å². The summed E-state index contributed by atoms with van der Waals surface area (Å²) in [4.78, 5) is 29.7. The van der Waals surface area contributed by atoms with Crippen molar-refractivity contribution in [3.63, 3.8) is 0 Å². The van der Waals surface area contributed by atoms with Crippen LogP contribution in [0.1, 0.15) is 24.7 Å². The molecule has 0 saturated carbocycles. The Hall–Kier alpha value is -2.41. The van der Waals surface area contributed by atoms with Gasteiger partial charge in [-0.25, -0.2) is 15.0 Å². The van der Waals surface area contributed by atoms with E-state index < -0.39 is 0 Å². The van der Waals surface area contributed by atoms with E-state index in [0.717, 1.165) is 24.5 Å². The number of carbonyl (C=O) groups excluding carboxylic acids is 1. The fourth-order valence-electron chi connectivity index (χ4n) is 3.03. The molecule has 0 spiro atoms. The highest BCUT2D eigenvalue weighted by atomic mass is 35.5. The van der Waals surface area contributed by atoms with Crippen molar-refractivity contribution in [2.75, 3.05) is 42.9 Å². The predicted molar refractivity (Wildman–Crippen MR) is 107 cm³/mol. The van der Waals surface area contributed by atoms with E-state index in [1.54, 1.807) is 6.20 Å². The monoisotopic (exact) mass is 388 g/mol. The first-order chi connectivity index (χ1) is 13.1. The smallest absolute Gasteiger partial charge is 0.224 e. The molecule has 2 aromatic rings. The van der Waals surface area contributed by atoms with Gasteiger partial charge < -0.3 is 15.1 Å². The van der Waals surface area contributed by atoms with Gasteiger partial charge in [-0.15, -0.1) is 0 Å². The summed E-state index contributed by atoms with van der Waals surface area (Å²) in [5.41, 5.74) is 0.810. The van der Waals surface area contributed by atoms with E-state index in [4.69, 9.17) is 11.6 Å². The number of rotatable bonds is 6. The van der Waals surface area contributed by atoms with Crippen LogP contribution in [-0.2, 0) is 11.2 Å². The quantitative estimate of drug-likeness (QED) is 0.766. The number of halogens is 1. The summed E-state index contributed by atoms with van der Waals surface area (Å²) in [5.74, 6) is 2.52. The summed E-state index contributed by atoms with van der Waals surface area (Å²) in [7, 11) is 0. The molecule has 0 radical (unpaired) electrons. The maximum Gasteiger partial charge on any atom is 0.224 e. The van der Waals surface area contributed by atoms with E-state index in [-0.39, 0.29) is 5.91 Å². The average molecular weight is 389 g/mol. The molecule has 1 saturated heterocycles. The second kappa shape index (κ2) is 8.99.